The molecule has 26 heavy (non-hydrogen) atoms. The molecule has 1 unspecified atom stereocenters. The summed E-state index contributed by atoms with van der Waals surface area (Å²) in [5.41, 5.74) is 0. The molecule has 0 aliphatic rings. The minimum atomic E-state index is -3.52. The van der Waals surface area contributed by atoms with Gasteiger partial charge in [0.15, 0.2) is 0 Å². The van der Waals surface area contributed by atoms with E-state index in [-0.39, 0.29) is 6.61 Å². The van der Waals surface area contributed by atoms with E-state index in [1.54, 1.807) is 20.8 Å². The SMILES string of the molecule is CCCCCCCCCCCCCCOCCCOP(=O)(O)C(C)(C)C. The van der Waals surface area contributed by atoms with Crippen molar-refractivity contribution in [2.75, 3.05) is 19.8 Å². The van der Waals surface area contributed by atoms with E-state index in [2.05, 4.69) is 6.92 Å². The lowest BCUT2D eigenvalue weighted by atomic mass is 10.1. The first-order valence-corrected chi connectivity index (χ1v) is 12.4. The molecule has 0 spiro atoms. The quantitative estimate of drug-likeness (QED) is 0.200. The van der Waals surface area contributed by atoms with Crippen LogP contribution in [0, 0.1) is 0 Å². The van der Waals surface area contributed by atoms with Gasteiger partial charge in [0.2, 0.25) is 0 Å². The predicted octanol–water partition coefficient (Wildman–Crippen LogP) is 7.09. The molecule has 0 amide bonds. The van der Waals surface area contributed by atoms with Gasteiger partial charge in [0.25, 0.3) is 0 Å². The van der Waals surface area contributed by atoms with Gasteiger partial charge >= 0.3 is 7.60 Å². The lowest BCUT2D eigenvalue weighted by molar-refractivity contribution is 0.112. The molecule has 0 aliphatic heterocycles. The zero-order chi connectivity index (χ0) is 19.7. The molecule has 0 fully saturated rings. The summed E-state index contributed by atoms with van der Waals surface area (Å²) in [4.78, 5) is 9.77. The molecular formula is C21H45O4P. The van der Waals surface area contributed by atoms with Crippen molar-refractivity contribution in [2.24, 2.45) is 0 Å². The Morgan fingerprint density at radius 1 is 0.692 bits per heavy atom. The summed E-state index contributed by atoms with van der Waals surface area (Å²) in [5.74, 6) is 0. The van der Waals surface area contributed by atoms with Crippen LogP contribution in [0.15, 0.2) is 0 Å². The van der Waals surface area contributed by atoms with Crippen molar-refractivity contribution < 1.29 is 18.7 Å². The molecule has 4 nitrogen and oxygen atoms in total. The van der Waals surface area contributed by atoms with Gasteiger partial charge in [-0.2, -0.15) is 0 Å². The fourth-order valence-corrected chi connectivity index (χ4v) is 3.45. The minimum Gasteiger partial charge on any atom is -0.381 e. The number of hydrogen-bond donors (Lipinski definition) is 1. The van der Waals surface area contributed by atoms with Crippen LogP contribution in [0.2, 0.25) is 0 Å². The standard InChI is InChI=1S/C21H45O4P/c1-5-6-7-8-9-10-11-12-13-14-15-16-18-24-19-17-20-25-26(22,23)21(2,3)4/h5-20H2,1-4H3,(H,22,23). The van der Waals surface area contributed by atoms with Gasteiger partial charge in [0.1, 0.15) is 0 Å². The molecule has 5 heteroatoms. The molecule has 0 aromatic heterocycles. The molecule has 1 atom stereocenters. The summed E-state index contributed by atoms with van der Waals surface area (Å²) in [6, 6.07) is 0. The Bertz CT molecular complexity index is 352. The second-order valence-corrected chi connectivity index (χ2v) is 11.0. The summed E-state index contributed by atoms with van der Waals surface area (Å²) >= 11 is 0. The molecule has 1 N–H and O–H groups in total. The van der Waals surface area contributed by atoms with Gasteiger partial charge in [0, 0.05) is 13.2 Å². The zero-order valence-corrected chi connectivity index (χ0v) is 18.8. The highest BCUT2D eigenvalue weighted by atomic mass is 31.2. The number of ether oxygens (including phenoxy) is 1. The van der Waals surface area contributed by atoms with Crippen molar-refractivity contribution in [3.8, 4) is 0 Å². The smallest absolute Gasteiger partial charge is 0.333 e. The first-order valence-electron chi connectivity index (χ1n) is 10.9. The molecule has 0 rings (SSSR count). The minimum absolute atomic E-state index is 0.281. The van der Waals surface area contributed by atoms with E-state index in [1.165, 1.54) is 70.6 Å². The van der Waals surface area contributed by atoms with E-state index in [1.807, 2.05) is 0 Å². The van der Waals surface area contributed by atoms with Crippen LogP contribution in [0.25, 0.3) is 0 Å². The number of unbranched alkanes of at least 4 members (excludes halogenated alkanes) is 11. The van der Waals surface area contributed by atoms with Crippen molar-refractivity contribution in [3.63, 3.8) is 0 Å². The molecule has 0 bridgehead atoms. The highest BCUT2D eigenvalue weighted by Gasteiger charge is 2.35. The van der Waals surface area contributed by atoms with E-state index in [0.717, 1.165) is 13.0 Å². The average Bonchev–Trinajstić information content (AvgIpc) is 2.56. The van der Waals surface area contributed by atoms with Crippen molar-refractivity contribution in [1.29, 1.82) is 0 Å². The van der Waals surface area contributed by atoms with Gasteiger partial charge < -0.3 is 14.2 Å². The second-order valence-electron chi connectivity index (χ2n) is 8.38. The summed E-state index contributed by atoms with van der Waals surface area (Å²) in [5, 5.41) is -0.719. The lowest BCUT2D eigenvalue weighted by Crippen LogP contribution is -2.17. The topological polar surface area (TPSA) is 55.8 Å². The van der Waals surface area contributed by atoms with Gasteiger partial charge in [-0.1, -0.05) is 77.6 Å². The second kappa shape index (κ2) is 16.1. The van der Waals surface area contributed by atoms with Crippen molar-refractivity contribution >= 4 is 7.60 Å². The largest absolute Gasteiger partial charge is 0.381 e. The Kier molecular flexibility index (Phi) is 16.2. The fraction of sp³-hybridized carbons (Fsp3) is 1.00. The molecule has 0 heterocycles. The third-order valence-electron chi connectivity index (χ3n) is 4.69. The zero-order valence-electron chi connectivity index (χ0n) is 17.9. The van der Waals surface area contributed by atoms with Gasteiger partial charge in [-0.05, 0) is 33.6 Å². The lowest BCUT2D eigenvalue weighted by Gasteiger charge is -2.24. The molecule has 0 aliphatic carbocycles. The number of hydrogen-bond acceptors (Lipinski definition) is 3. The van der Waals surface area contributed by atoms with E-state index < -0.39 is 12.8 Å². The Morgan fingerprint density at radius 3 is 1.58 bits per heavy atom. The van der Waals surface area contributed by atoms with Crippen LogP contribution in [-0.2, 0) is 13.8 Å². The number of rotatable bonds is 18. The summed E-state index contributed by atoms with van der Waals surface area (Å²) in [7, 11) is -3.52. The normalized spacial score (nSPS) is 14.5. The van der Waals surface area contributed by atoms with Gasteiger partial charge in [0.05, 0.1) is 11.8 Å². The molecule has 158 valence electrons. The van der Waals surface area contributed by atoms with Crippen LogP contribution in [0.1, 0.15) is 111 Å². The average molecular weight is 393 g/mol. The first-order chi connectivity index (χ1) is 12.3. The maximum absolute atomic E-state index is 11.9. The van der Waals surface area contributed by atoms with Crippen molar-refractivity contribution in [1.82, 2.24) is 0 Å². The predicted molar refractivity (Wildman–Crippen MR) is 112 cm³/mol. The van der Waals surface area contributed by atoms with Crippen molar-refractivity contribution in [3.05, 3.63) is 0 Å². The van der Waals surface area contributed by atoms with E-state index in [4.69, 9.17) is 9.26 Å². The van der Waals surface area contributed by atoms with Crippen molar-refractivity contribution in [2.45, 2.75) is 116 Å². The molecule has 0 aromatic rings. The Morgan fingerprint density at radius 2 is 1.12 bits per heavy atom. The highest BCUT2D eigenvalue weighted by Crippen LogP contribution is 2.54. The van der Waals surface area contributed by atoms with E-state index in [9.17, 15) is 9.46 Å². The van der Waals surface area contributed by atoms with Gasteiger partial charge in [-0.25, -0.2) is 0 Å². The Hall–Kier alpha value is 0.110. The molecule has 0 radical (unpaired) electrons. The fourth-order valence-electron chi connectivity index (χ4n) is 2.69. The van der Waals surface area contributed by atoms with E-state index in [0.29, 0.717) is 13.0 Å². The Labute approximate surface area is 163 Å². The maximum atomic E-state index is 11.9. The summed E-state index contributed by atoms with van der Waals surface area (Å²) < 4.78 is 22.6. The summed E-state index contributed by atoms with van der Waals surface area (Å²) in [6.45, 7) is 9.09. The van der Waals surface area contributed by atoms with Gasteiger partial charge in [-0.3, -0.25) is 4.57 Å². The summed E-state index contributed by atoms with van der Waals surface area (Å²) in [6.07, 6.45) is 16.8. The van der Waals surface area contributed by atoms with Gasteiger partial charge in [-0.15, -0.1) is 0 Å². The maximum Gasteiger partial charge on any atom is 0.333 e. The van der Waals surface area contributed by atoms with Crippen LogP contribution in [0.4, 0.5) is 0 Å². The highest BCUT2D eigenvalue weighted by molar-refractivity contribution is 7.54. The van der Waals surface area contributed by atoms with Crippen LogP contribution < -0.4 is 0 Å². The monoisotopic (exact) mass is 392 g/mol. The van der Waals surface area contributed by atoms with Crippen LogP contribution in [-0.4, -0.2) is 29.9 Å². The molecule has 0 saturated heterocycles. The third-order valence-corrected chi connectivity index (χ3v) is 6.92. The molecular weight excluding hydrogens is 347 g/mol. The first kappa shape index (κ1) is 26.1. The van der Waals surface area contributed by atoms with Crippen LogP contribution in [0.3, 0.4) is 0 Å². The van der Waals surface area contributed by atoms with Crippen LogP contribution >= 0.6 is 7.60 Å². The van der Waals surface area contributed by atoms with E-state index >= 15 is 0 Å². The molecule has 0 aromatic carbocycles. The molecule has 0 saturated carbocycles. The van der Waals surface area contributed by atoms with Crippen LogP contribution in [0.5, 0.6) is 0 Å². The third kappa shape index (κ3) is 15.2. The Balaban J connectivity index is 3.22.